The molecule has 0 amide bonds. The molecule has 17 heavy (non-hydrogen) atoms. The molecule has 2 aromatic rings. The van der Waals surface area contributed by atoms with Crippen LogP contribution in [0.25, 0.3) is 0 Å². The van der Waals surface area contributed by atoms with Gasteiger partial charge >= 0.3 is 0 Å². The van der Waals surface area contributed by atoms with Gasteiger partial charge in [-0.15, -0.1) is 11.3 Å². The molecule has 0 saturated heterocycles. The summed E-state index contributed by atoms with van der Waals surface area (Å²) in [5.74, 6) is 0. The first-order valence-electron chi connectivity index (χ1n) is 6.20. The van der Waals surface area contributed by atoms with Crippen LogP contribution in [0.1, 0.15) is 41.1 Å². The molecule has 90 valence electrons. The van der Waals surface area contributed by atoms with Gasteiger partial charge in [-0.2, -0.15) is 5.10 Å². The Balaban J connectivity index is 1.77. The van der Waals surface area contributed by atoms with Gasteiger partial charge in [-0.05, 0) is 44.2 Å². The fraction of sp³-hybridized carbons (Fsp3) is 0.462. The summed E-state index contributed by atoms with van der Waals surface area (Å²) < 4.78 is 0. The molecule has 1 aliphatic carbocycles. The number of aryl methyl sites for hydroxylation is 2. The Labute approximate surface area is 105 Å². The molecular formula is C13H17N3S. The molecule has 0 fully saturated rings. The van der Waals surface area contributed by atoms with Crippen LogP contribution in [-0.2, 0) is 12.8 Å². The lowest BCUT2D eigenvalue weighted by molar-refractivity contribution is 0.696. The summed E-state index contributed by atoms with van der Waals surface area (Å²) in [6.45, 7) is 2.21. The number of nitrogens with zero attached hydrogens (tertiary/aromatic N) is 1. The Hall–Kier alpha value is -1.29. The minimum absolute atomic E-state index is 0.364. The van der Waals surface area contributed by atoms with Gasteiger partial charge in [-0.25, -0.2) is 0 Å². The van der Waals surface area contributed by atoms with Gasteiger partial charge in [-0.1, -0.05) is 0 Å². The van der Waals surface area contributed by atoms with Crippen molar-refractivity contribution in [3.8, 4) is 0 Å². The van der Waals surface area contributed by atoms with Crippen LogP contribution in [0.2, 0.25) is 0 Å². The number of rotatable bonds is 3. The molecule has 0 spiro atoms. The number of aromatic nitrogens is 2. The van der Waals surface area contributed by atoms with E-state index < -0.39 is 0 Å². The Kier molecular flexibility index (Phi) is 2.89. The molecule has 3 nitrogen and oxygen atoms in total. The van der Waals surface area contributed by atoms with Crippen molar-refractivity contribution in [3.63, 3.8) is 0 Å². The zero-order valence-corrected chi connectivity index (χ0v) is 10.8. The lowest BCUT2D eigenvalue weighted by Gasteiger charge is -2.11. The monoisotopic (exact) mass is 247 g/mol. The molecule has 1 unspecified atom stereocenters. The minimum Gasteiger partial charge on any atom is -0.375 e. The van der Waals surface area contributed by atoms with Gasteiger partial charge in [0, 0.05) is 16.0 Å². The van der Waals surface area contributed by atoms with Crippen LogP contribution in [0.5, 0.6) is 0 Å². The number of H-pyrrole nitrogens is 1. The summed E-state index contributed by atoms with van der Waals surface area (Å²) in [6, 6.07) is 2.75. The normalized spacial score (nSPS) is 16.5. The van der Waals surface area contributed by atoms with Crippen LogP contribution < -0.4 is 5.32 Å². The fourth-order valence-corrected chi connectivity index (χ4v) is 3.64. The SMILES string of the molecule is CC(Nc1cn[nH]c1)c1cc2c(s1)CCCC2. The smallest absolute Gasteiger partial charge is 0.0728 e. The van der Waals surface area contributed by atoms with E-state index in [0.717, 1.165) is 5.69 Å². The number of thiophene rings is 1. The first-order chi connectivity index (χ1) is 8.33. The topological polar surface area (TPSA) is 40.7 Å². The first kappa shape index (κ1) is 10.8. The molecule has 0 aliphatic heterocycles. The van der Waals surface area contributed by atoms with Crippen molar-refractivity contribution < 1.29 is 0 Å². The summed E-state index contributed by atoms with van der Waals surface area (Å²) in [5.41, 5.74) is 2.64. The third-order valence-electron chi connectivity index (χ3n) is 3.32. The van der Waals surface area contributed by atoms with E-state index in [4.69, 9.17) is 0 Å². The van der Waals surface area contributed by atoms with Crippen molar-refractivity contribution in [1.82, 2.24) is 10.2 Å². The third kappa shape index (κ3) is 2.22. The van der Waals surface area contributed by atoms with Gasteiger partial charge in [0.05, 0.1) is 17.9 Å². The summed E-state index contributed by atoms with van der Waals surface area (Å²) in [7, 11) is 0. The second-order valence-electron chi connectivity index (χ2n) is 4.66. The van der Waals surface area contributed by atoms with E-state index in [1.54, 1.807) is 10.4 Å². The lowest BCUT2D eigenvalue weighted by Crippen LogP contribution is -2.03. The zero-order valence-electron chi connectivity index (χ0n) is 9.99. The van der Waals surface area contributed by atoms with Crippen LogP contribution >= 0.6 is 11.3 Å². The van der Waals surface area contributed by atoms with Crippen LogP contribution in [0.4, 0.5) is 5.69 Å². The quantitative estimate of drug-likeness (QED) is 0.871. The number of aromatic amines is 1. The van der Waals surface area contributed by atoms with Gasteiger partial charge in [-0.3, -0.25) is 5.10 Å². The fourth-order valence-electron chi connectivity index (χ4n) is 2.38. The molecule has 2 heterocycles. The van der Waals surface area contributed by atoms with Crippen LogP contribution in [0, 0.1) is 0 Å². The summed E-state index contributed by atoms with van der Waals surface area (Å²) in [4.78, 5) is 3.05. The first-order valence-corrected chi connectivity index (χ1v) is 7.01. The molecule has 0 aromatic carbocycles. The van der Waals surface area contributed by atoms with E-state index in [9.17, 15) is 0 Å². The highest BCUT2D eigenvalue weighted by Crippen LogP contribution is 2.33. The van der Waals surface area contributed by atoms with Crippen molar-refractivity contribution in [2.75, 3.05) is 5.32 Å². The molecule has 0 saturated carbocycles. The molecule has 0 radical (unpaired) electrons. The zero-order chi connectivity index (χ0) is 11.7. The lowest BCUT2D eigenvalue weighted by atomic mass is 9.99. The van der Waals surface area contributed by atoms with Crippen molar-refractivity contribution in [1.29, 1.82) is 0 Å². The second kappa shape index (κ2) is 4.53. The maximum Gasteiger partial charge on any atom is 0.0728 e. The Morgan fingerprint density at radius 2 is 2.29 bits per heavy atom. The Bertz CT molecular complexity index is 463. The standard InChI is InChI=1S/C13H17N3S/c1-9(16-11-7-14-15-8-11)13-6-10-4-2-3-5-12(10)17-13/h6-9,16H,2-5H2,1H3,(H,14,15). The molecule has 4 heteroatoms. The molecule has 1 atom stereocenters. The highest BCUT2D eigenvalue weighted by Gasteiger charge is 2.16. The molecule has 2 N–H and O–H groups in total. The van der Waals surface area contributed by atoms with E-state index in [2.05, 4.69) is 28.5 Å². The van der Waals surface area contributed by atoms with Gasteiger partial charge < -0.3 is 5.32 Å². The van der Waals surface area contributed by atoms with Crippen LogP contribution in [0.15, 0.2) is 18.5 Å². The van der Waals surface area contributed by atoms with E-state index in [1.165, 1.54) is 30.6 Å². The molecule has 3 rings (SSSR count). The van der Waals surface area contributed by atoms with E-state index in [-0.39, 0.29) is 0 Å². The maximum absolute atomic E-state index is 3.95. The van der Waals surface area contributed by atoms with Gasteiger partial charge in [0.15, 0.2) is 0 Å². The maximum atomic E-state index is 3.95. The summed E-state index contributed by atoms with van der Waals surface area (Å²) >= 11 is 1.97. The number of nitrogens with one attached hydrogen (secondary N) is 2. The highest BCUT2D eigenvalue weighted by molar-refractivity contribution is 7.12. The van der Waals surface area contributed by atoms with E-state index in [0.29, 0.717) is 6.04 Å². The molecular weight excluding hydrogens is 230 g/mol. The number of hydrogen-bond acceptors (Lipinski definition) is 3. The van der Waals surface area contributed by atoms with Crippen molar-refractivity contribution in [2.45, 2.75) is 38.6 Å². The number of fused-ring (bicyclic) bond motifs is 1. The number of anilines is 1. The molecule has 0 bridgehead atoms. The second-order valence-corrected chi connectivity index (χ2v) is 5.83. The van der Waals surface area contributed by atoms with Gasteiger partial charge in [0.2, 0.25) is 0 Å². The van der Waals surface area contributed by atoms with Gasteiger partial charge in [0.1, 0.15) is 0 Å². The summed E-state index contributed by atoms with van der Waals surface area (Å²) in [6.07, 6.45) is 8.97. The minimum atomic E-state index is 0.364. The largest absolute Gasteiger partial charge is 0.375 e. The predicted octanol–water partition coefficient (Wildman–Crippen LogP) is 3.52. The molecule has 2 aromatic heterocycles. The third-order valence-corrected chi connectivity index (χ3v) is 4.74. The Morgan fingerprint density at radius 3 is 3.06 bits per heavy atom. The highest BCUT2D eigenvalue weighted by atomic mass is 32.1. The van der Waals surface area contributed by atoms with Gasteiger partial charge in [0.25, 0.3) is 0 Å². The number of hydrogen-bond donors (Lipinski definition) is 2. The van der Waals surface area contributed by atoms with E-state index >= 15 is 0 Å². The molecule has 1 aliphatic rings. The summed E-state index contributed by atoms with van der Waals surface area (Å²) in [5, 5.41) is 10.2. The van der Waals surface area contributed by atoms with Crippen molar-refractivity contribution in [2.24, 2.45) is 0 Å². The average molecular weight is 247 g/mol. The van der Waals surface area contributed by atoms with E-state index in [1.807, 2.05) is 23.7 Å². The predicted molar refractivity (Wildman–Crippen MR) is 71.6 cm³/mol. The van der Waals surface area contributed by atoms with Crippen LogP contribution in [0.3, 0.4) is 0 Å². The van der Waals surface area contributed by atoms with Crippen molar-refractivity contribution in [3.05, 3.63) is 33.8 Å². The van der Waals surface area contributed by atoms with Crippen molar-refractivity contribution >= 4 is 17.0 Å². The van der Waals surface area contributed by atoms with Crippen LogP contribution in [-0.4, -0.2) is 10.2 Å². The Morgan fingerprint density at radius 1 is 1.41 bits per heavy atom. The average Bonchev–Trinajstić information content (AvgIpc) is 2.96.